The lowest BCUT2D eigenvalue weighted by Gasteiger charge is -2.20. The quantitative estimate of drug-likeness (QED) is 0.699. The molecule has 5 nitrogen and oxygen atoms in total. The van der Waals surface area contributed by atoms with E-state index in [1.165, 1.54) is 0 Å². The second-order valence-electron chi connectivity index (χ2n) is 3.82. The van der Waals surface area contributed by atoms with Crippen LogP contribution in [0.15, 0.2) is 24.4 Å². The molecule has 94 valence electrons. The van der Waals surface area contributed by atoms with Gasteiger partial charge < -0.3 is 10.2 Å². The first-order chi connectivity index (χ1) is 8.22. The Kier molecular flexibility index (Phi) is 6.21. The monoisotopic (exact) mass is 238 g/mol. The van der Waals surface area contributed by atoms with Crippen molar-refractivity contribution < 1.29 is 15.0 Å². The molecule has 0 atom stereocenters. The van der Waals surface area contributed by atoms with Crippen LogP contribution in [0.4, 0.5) is 0 Å². The van der Waals surface area contributed by atoms with Gasteiger partial charge in [0.05, 0.1) is 12.1 Å². The fourth-order valence-corrected chi connectivity index (χ4v) is 1.54. The molecule has 0 amide bonds. The predicted octanol–water partition coefficient (Wildman–Crippen LogP) is 0.741. The molecule has 0 aromatic carbocycles. The summed E-state index contributed by atoms with van der Waals surface area (Å²) in [5.74, 6) is -0.806. The van der Waals surface area contributed by atoms with Crippen molar-refractivity contribution in [2.75, 3.05) is 19.7 Å². The Morgan fingerprint density at radius 2 is 2.18 bits per heavy atom. The van der Waals surface area contributed by atoms with E-state index in [1.807, 2.05) is 23.1 Å². The smallest absolute Gasteiger partial charge is 0.304 e. The van der Waals surface area contributed by atoms with Crippen molar-refractivity contribution in [3.63, 3.8) is 0 Å². The first-order valence-electron chi connectivity index (χ1n) is 5.67. The molecule has 0 saturated carbocycles. The number of aliphatic hydroxyl groups excluding tert-OH is 1. The SMILES string of the molecule is O=C(O)CCN(CCCO)Cc1ccccn1. The Morgan fingerprint density at radius 1 is 1.35 bits per heavy atom. The zero-order valence-electron chi connectivity index (χ0n) is 9.75. The van der Waals surface area contributed by atoms with E-state index in [9.17, 15) is 4.79 Å². The molecule has 0 radical (unpaired) electrons. The van der Waals surface area contributed by atoms with E-state index in [1.54, 1.807) is 6.20 Å². The minimum Gasteiger partial charge on any atom is -0.481 e. The molecule has 1 aromatic heterocycles. The molecule has 0 saturated heterocycles. The number of rotatable bonds is 8. The fraction of sp³-hybridized carbons (Fsp3) is 0.500. The van der Waals surface area contributed by atoms with Crippen LogP contribution in [0.5, 0.6) is 0 Å². The summed E-state index contributed by atoms with van der Waals surface area (Å²) in [7, 11) is 0. The van der Waals surface area contributed by atoms with Gasteiger partial charge in [0.25, 0.3) is 0 Å². The zero-order valence-corrected chi connectivity index (χ0v) is 9.75. The van der Waals surface area contributed by atoms with Crippen molar-refractivity contribution in [3.05, 3.63) is 30.1 Å². The van der Waals surface area contributed by atoms with E-state index in [2.05, 4.69) is 4.98 Å². The number of pyridine rings is 1. The second-order valence-corrected chi connectivity index (χ2v) is 3.82. The highest BCUT2D eigenvalue weighted by molar-refractivity contribution is 5.66. The Balaban J connectivity index is 2.47. The third-order valence-electron chi connectivity index (χ3n) is 2.39. The second kappa shape index (κ2) is 7.76. The van der Waals surface area contributed by atoms with Crippen molar-refractivity contribution >= 4 is 5.97 Å². The van der Waals surface area contributed by atoms with E-state index < -0.39 is 5.97 Å². The number of aliphatic hydroxyl groups is 1. The number of aromatic nitrogens is 1. The molecule has 1 rings (SSSR count). The number of carboxylic acids is 1. The van der Waals surface area contributed by atoms with E-state index in [0.29, 0.717) is 26.1 Å². The topological polar surface area (TPSA) is 73.7 Å². The number of hydrogen-bond acceptors (Lipinski definition) is 4. The third-order valence-corrected chi connectivity index (χ3v) is 2.39. The van der Waals surface area contributed by atoms with Crippen LogP contribution in [-0.2, 0) is 11.3 Å². The van der Waals surface area contributed by atoms with E-state index in [-0.39, 0.29) is 13.0 Å². The number of hydrogen-bond donors (Lipinski definition) is 2. The minimum absolute atomic E-state index is 0.109. The molecule has 0 aliphatic rings. The van der Waals surface area contributed by atoms with Crippen LogP contribution in [-0.4, -0.2) is 45.8 Å². The molecule has 1 heterocycles. The summed E-state index contributed by atoms with van der Waals surface area (Å²) in [5, 5.41) is 17.5. The standard InChI is InChI=1S/C12H18N2O3/c15-9-3-7-14(8-5-12(16)17)10-11-4-1-2-6-13-11/h1-2,4,6,15H,3,5,7-10H2,(H,16,17). The lowest BCUT2D eigenvalue weighted by Crippen LogP contribution is -2.28. The van der Waals surface area contributed by atoms with Crippen LogP contribution in [0.3, 0.4) is 0 Å². The minimum atomic E-state index is -0.806. The number of carboxylic acid groups (broad SMARTS) is 1. The van der Waals surface area contributed by atoms with Gasteiger partial charge in [0.1, 0.15) is 0 Å². The largest absolute Gasteiger partial charge is 0.481 e. The van der Waals surface area contributed by atoms with Crippen LogP contribution < -0.4 is 0 Å². The predicted molar refractivity (Wildman–Crippen MR) is 63.5 cm³/mol. The highest BCUT2D eigenvalue weighted by Gasteiger charge is 2.08. The van der Waals surface area contributed by atoms with Crippen molar-refractivity contribution in [1.82, 2.24) is 9.88 Å². The third kappa shape index (κ3) is 5.99. The Hall–Kier alpha value is -1.46. The van der Waals surface area contributed by atoms with Gasteiger partial charge in [-0.25, -0.2) is 0 Å². The van der Waals surface area contributed by atoms with Gasteiger partial charge in [-0.05, 0) is 18.6 Å². The van der Waals surface area contributed by atoms with Gasteiger partial charge in [0.15, 0.2) is 0 Å². The number of nitrogens with zero attached hydrogens (tertiary/aromatic N) is 2. The van der Waals surface area contributed by atoms with Gasteiger partial charge >= 0.3 is 5.97 Å². The van der Waals surface area contributed by atoms with Gasteiger partial charge in [0, 0.05) is 32.4 Å². The summed E-state index contributed by atoms with van der Waals surface area (Å²) >= 11 is 0. The van der Waals surface area contributed by atoms with E-state index in [4.69, 9.17) is 10.2 Å². The first kappa shape index (κ1) is 13.6. The highest BCUT2D eigenvalue weighted by Crippen LogP contribution is 2.03. The lowest BCUT2D eigenvalue weighted by molar-refractivity contribution is -0.137. The van der Waals surface area contributed by atoms with Crippen LogP contribution in [0.1, 0.15) is 18.5 Å². The van der Waals surface area contributed by atoms with Crippen LogP contribution in [0.25, 0.3) is 0 Å². The fourth-order valence-electron chi connectivity index (χ4n) is 1.54. The molecule has 0 fully saturated rings. The van der Waals surface area contributed by atoms with Crippen molar-refractivity contribution in [2.24, 2.45) is 0 Å². The van der Waals surface area contributed by atoms with Crippen molar-refractivity contribution in [3.8, 4) is 0 Å². The maximum atomic E-state index is 10.5. The molecule has 17 heavy (non-hydrogen) atoms. The molecule has 0 aliphatic heterocycles. The Morgan fingerprint density at radius 3 is 2.76 bits per heavy atom. The first-order valence-corrected chi connectivity index (χ1v) is 5.67. The van der Waals surface area contributed by atoms with Gasteiger partial charge in [-0.15, -0.1) is 0 Å². The molecule has 0 unspecified atom stereocenters. The van der Waals surface area contributed by atoms with Gasteiger partial charge in [0.2, 0.25) is 0 Å². The van der Waals surface area contributed by atoms with E-state index >= 15 is 0 Å². The summed E-state index contributed by atoms with van der Waals surface area (Å²) in [5.41, 5.74) is 0.913. The molecule has 0 aliphatic carbocycles. The summed E-state index contributed by atoms with van der Waals surface area (Å²) in [6, 6.07) is 5.66. The summed E-state index contributed by atoms with van der Waals surface area (Å²) in [6.07, 6.45) is 2.47. The van der Waals surface area contributed by atoms with Crippen molar-refractivity contribution in [2.45, 2.75) is 19.4 Å². The average Bonchev–Trinajstić information content (AvgIpc) is 2.34. The molecular weight excluding hydrogens is 220 g/mol. The summed E-state index contributed by atoms with van der Waals surface area (Å²) in [4.78, 5) is 16.7. The lowest BCUT2D eigenvalue weighted by atomic mass is 10.3. The molecular formula is C12H18N2O3. The zero-order chi connectivity index (χ0) is 12.5. The van der Waals surface area contributed by atoms with Crippen LogP contribution >= 0.6 is 0 Å². The van der Waals surface area contributed by atoms with Gasteiger partial charge in [-0.1, -0.05) is 6.07 Å². The number of carbonyl (C=O) groups is 1. The van der Waals surface area contributed by atoms with E-state index in [0.717, 1.165) is 5.69 Å². The normalized spacial score (nSPS) is 10.7. The molecule has 1 aromatic rings. The maximum Gasteiger partial charge on any atom is 0.304 e. The maximum absolute atomic E-state index is 10.5. The van der Waals surface area contributed by atoms with Crippen molar-refractivity contribution in [1.29, 1.82) is 0 Å². The molecule has 2 N–H and O–H groups in total. The summed E-state index contributed by atoms with van der Waals surface area (Å²) < 4.78 is 0. The average molecular weight is 238 g/mol. The highest BCUT2D eigenvalue weighted by atomic mass is 16.4. The van der Waals surface area contributed by atoms with Gasteiger partial charge in [-0.2, -0.15) is 0 Å². The molecule has 0 bridgehead atoms. The van der Waals surface area contributed by atoms with Gasteiger partial charge in [-0.3, -0.25) is 14.7 Å². The molecule has 5 heteroatoms. The van der Waals surface area contributed by atoms with Crippen LogP contribution in [0.2, 0.25) is 0 Å². The molecule has 0 spiro atoms. The summed E-state index contributed by atoms with van der Waals surface area (Å²) in [6.45, 7) is 1.90. The Bertz CT molecular complexity index is 330. The van der Waals surface area contributed by atoms with Crippen LogP contribution in [0, 0.1) is 0 Å². The Labute approximate surface area is 101 Å². The number of aliphatic carboxylic acids is 1.